The smallest absolute Gasteiger partial charge is 0.257 e. The van der Waals surface area contributed by atoms with Gasteiger partial charge in [0.2, 0.25) is 0 Å². The van der Waals surface area contributed by atoms with Crippen LogP contribution in [0, 0.1) is 0 Å². The van der Waals surface area contributed by atoms with Gasteiger partial charge in [-0.15, -0.1) is 10.2 Å². The zero-order chi connectivity index (χ0) is 17.6. The fourth-order valence-electron chi connectivity index (χ4n) is 2.81. The summed E-state index contributed by atoms with van der Waals surface area (Å²) in [6, 6.07) is 8.66. The minimum atomic E-state index is -0.294. The van der Waals surface area contributed by atoms with Crippen molar-refractivity contribution in [2.45, 2.75) is 19.3 Å². The summed E-state index contributed by atoms with van der Waals surface area (Å²) in [4.78, 5) is 14.7. The Morgan fingerprint density at radius 1 is 1.00 bits per heavy atom. The summed E-state index contributed by atoms with van der Waals surface area (Å²) in [7, 11) is 3.09. The first-order valence-corrected chi connectivity index (χ1v) is 8.32. The fraction of sp³-hybridized carbons (Fsp3) is 0.389. The molecular formula is C18H22N4O3. The van der Waals surface area contributed by atoms with Crippen molar-refractivity contribution < 1.29 is 14.3 Å². The average molecular weight is 342 g/mol. The molecule has 0 spiro atoms. The number of nitrogens with zero attached hydrogens (tertiary/aromatic N) is 3. The van der Waals surface area contributed by atoms with Crippen LogP contribution in [-0.2, 0) is 0 Å². The summed E-state index contributed by atoms with van der Waals surface area (Å²) < 4.78 is 10.4. The van der Waals surface area contributed by atoms with E-state index in [4.69, 9.17) is 9.47 Å². The third-order valence-corrected chi connectivity index (χ3v) is 4.19. The molecule has 1 aliphatic heterocycles. The van der Waals surface area contributed by atoms with Crippen molar-refractivity contribution in [3.63, 3.8) is 0 Å². The van der Waals surface area contributed by atoms with Gasteiger partial charge in [-0.1, -0.05) is 0 Å². The summed E-state index contributed by atoms with van der Waals surface area (Å²) in [5.41, 5.74) is 0.429. The van der Waals surface area contributed by atoms with Gasteiger partial charge >= 0.3 is 0 Å². The Hall–Kier alpha value is -2.83. The highest BCUT2D eigenvalue weighted by Gasteiger charge is 2.14. The molecule has 2 heterocycles. The van der Waals surface area contributed by atoms with Gasteiger partial charge < -0.3 is 19.7 Å². The number of hydrogen-bond acceptors (Lipinski definition) is 6. The van der Waals surface area contributed by atoms with Crippen molar-refractivity contribution in [2.24, 2.45) is 0 Å². The van der Waals surface area contributed by atoms with Gasteiger partial charge in [-0.2, -0.15) is 0 Å². The number of carbonyl (C=O) groups is 1. The molecule has 1 amide bonds. The van der Waals surface area contributed by atoms with Crippen molar-refractivity contribution in [3.8, 4) is 11.5 Å². The second-order valence-electron chi connectivity index (χ2n) is 5.88. The van der Waals surface area contributed by atoms with Crippen molar-refractivity contribution >= 4 is 17.5 Å². The number of hydrogen-bond donors (Lipinski definition) is 1. The summed E-state index contributed by atoms with van der Waals surface area (Å²) in [6.07, 6.45) is 3.62. The number of nitrogens with one attached hydrogen (secondary N) is 1. The lowest BCUT2D eigenvalue weighted by Gasteiger charge is -2.27. The Labute approximate surface area is 147 Å². The standard InChI is InChI=1S/C18H22N4O3/c1-24-14-10-13(11-15(12-14)25-2)18(23)19-16-6-7-17(21-20-16)22-8-4-3-5-9-22/h6-7,10-12H,3-5,8-9H2,1-2H3,(H,19,20,23). The summed E-state index contributed by atoms with van der Waals surface area (Å²) in [6.45, 7) is 2.01. The summed E-state index contributed by atoms with van der Waals surface area (Å²) in [5, 5.41) is 11.1. The fourth-order valence-corrected chi connectivity index (χ4v) is 2.81. The number of piperidine rings is 1. The van der Waals surface area contributed by atoms with Crippen molar-refractivity contribution in [3.05, 3.63) is 35.9 Å². The molecule has 1 aliphatic rings. The van der Waals surface area contributed by atoms with E-state index in [1.54, 1.807) is 38.5 Å². The molecule has 0 atom stereocenters. The summed E-state index contributed by atoms with van der Waals surface area (Å²) >= 11 is 0. The zero-order valence-electron chi connectivity index (χ0n) is 14.5. The van der Waals surface area contributed by atoms with Crippen molar-refractivity contribution in [2.75, 3.05) is 37.5 Å². The molecule has 2 aromatic rings. The monoisotopic (exact) mass is 342 g/mol. The van der Waals surface area contributed by atoms with Crippen LogP contribution in [0.1, 0.15) is 29.6 Å². The number of aromatic nitrogens is 2. The highest BCUT2D eigenvalue weighted by atomic mass is 16.5. The molecule has 132 valence electrons. The first-order chi connectivity index (χ1) is 12.2. The van der Waals surface area contributed by atoms with Gasteiger partial charge in [-0.25, -0.2) is 0 Å². The van der Waals surface area contributed by atoms with E-state index in [1.165, 1.54) is 19.3 Å². The van der Waals surface area contributed by atoms with Gasteiger partial charge in [0.05, 0.1) is 14.2 Å². The van der Waals surface area contributed by atoms with Crippen LogP contribution in [0.5, 0.6) is 11.5 Å². The third kappa shape index (κ3) is 4.17. The molecule has 1 fully saturated rings. The van der Waals surface area contributed by atoms with Crippen LogP contribution in [0.3, 0.4) is 0 Å². The molecule has 7 heteroatoms. The van der Waals surface area contributed by atoms with E-state index in [0.717, 1.165) is 18.9 Å². The molecule has 1 aromatic heterocycles. The maximum Gasteiger partial charge on any atom is 0.257 e. The second-order valence-corrected chi connectivity index (χ2v) is 5.88. The van der Waals surface area contributed by atoms with E-state index >= 15 is 0 Å². The Morgan fingerprint density at radius 3 is 2.24 bits per heavy atom. The van der Waals surface area contributed by atoms with Crippen LogP contribution in [-0.4, -0.2) is 43.4 Å². The Bertz CT molecular complexity index is 705. The molecule has 7 nitrogen and oxygen atoms in total. The minimum Gasteiger partial charge on any atom is -0.497 e. The SMILES string of the molecule is COc1cc(OC)cc(C(=O)Nc2ccc(N3CCCCC3)nn2)c1. The second kappa shape index (κ2) is 7.83. The van der Waals surface area contributed by atoms with E-state index in [1.807, 2.05) is 6.07 Å². The largest absolute Gasteiger partial charge is 0.497 e. The first-order valence-electron chi connectivity index (χ1n) is 8.32. The van der Waals surface area contributed by atoms with E-state index in [9.17, 15) is 4.79 Å². The molecule has 3 rings (SSSR count). The van der Waals surface area contributed by atoms with Crippen LogP contribution in [0.15, 0.2) is 30.3 Å². The maximum atomic E-state index is 12.4. The molecule has 25 heavy (non-hydrogen) atoms. The molecule has 0 bridgehead atoms. The van der Waals surface area contributed by atoms with Crippen LogP contribution in [0.2, 0.25) is 0 Å². The zero-order valence-corrected chi connectivity index (χ0v) is 14.5. The number of rotatable bonds is 5. The summed E-state index contributed by atoms with van der Waals surface area (Å²) in [5.74, 6) is 2.07. The lowest BCUT2D eigenvalue weighted by Crippen LogP contribution is -2.30. The predicted octanol–water partition coefficient (Wildman–Crippen LogP) is 2.74. The minimum absolute atomic E-state index is 0.294. The number of methoxy groups -OCH3 is 2. The maximum absolute atomic E-state index is 12.4. The van der Waals surface area contributed by atoms with Crippen LogP contribution in [0.25, 0.3) is 0 Å². The number of anilines is 2. The van der Waals surface area contributed by atoms with Crippen LogP contribution >= 0.6 is 0 Å². The molecule has 0 aliphatic carbocycles. The molecule has 1 aromatic carbocycles. The highest BCUT2D eigenvalue weighted by Crippen LogP contribution is 2.23. The van der Waals surface area contributed by atoms with E-state index in [-0.39, 0.29) is 5.91 Å². The van der Waals surface area contributed by atoms with Crippen molar-refractivity contribution in [1.29, 1.82) is 0 Å². The van der Waals surface area contributed by atoms with Crippen LogP contribution < -0.4 is 19.7 Å². The van der Waals surface area contributed by atoms with Gasteiger partial charge in [0.25, 0.3) is 5.91 Å². The molecule has 1 N–H and O–H groups in total. The van der Waals surface area contributed by atoms with E-state index < -0.39 is 0 Å². The quantitative estimate of drug-likeness (QED) is 0.900. The first kappa shape index (κ1) is 17.0. The Kier molecular flexibility index (Phi) is 5.33. The molecule has 0 saturated carbocycles. The third-order valence-electron chi connectivity index (χ3n) is 4.19. The lowest BCUT2D eigenvalue weighted by atomic mass is 10.1. The van der Waals surface area contributed by atoms with Gasteiger partial charge in [-0.05, 0) is 43.5 Å². The number of ether oxygens (including phenoxy) is 2. The number of carbonyl (C=O) groups excluding carboxylic acids is 1. The highest BCUT2D eigenvalue weighted by molar-refractivity contribution is 6.04. The predicted molar refractivity (Wildman–Crippen MR) is 95.6 cm³/mol. The van der Waals surface area contributed by atoms with Gasteiger partial charge in [0, 0.05) is 24.7 Å². The van der Waals surface area contributed by atoms with Gasteiger partial charge in [-0.3, -0.25) is 4.79 Å². The Balaban J connectivity index is 1.70. The molecule has 0 unspecified atom stereocenters. The van der Waals surface area contributed by atoms with Gasteiger partial charge in [0.15, 0.2) is 11.6 Å². The molecule has 0 radical (unpaired) electrons. The van der Waals surface area contributed by atoms with E-state index in [0.29, 0.717) is 22.9 Å². The average Bonchev–Trinajstić information content (AvgIpc) is 2.68. The van der Waals surface area contributed by atoms with Crippen LogP contribution in [0.4, 0.5) is 11.6 Å². The topological polar surface area (TPSA) is 76.6 Å². The Morgan fingerprint density at radius 2 is 1.68 bits per heavy atom. The molecular weight excluding hydrogens is 320 g/mol. The number of amides is 1. The van der Waals surface area contributed by atoms with Crippen molar-refractivity contribution in [1.82, 2.24) is 10.2 Å². The van der Waals surface area contributed by atoms with E-state index in [2.05, 4.69) is 20.4 Å². The lowest BCUT2D eigenvalue weighted by molar-refractivity contribution is 0.102. The van der Waals surface area contributed by atoms with Gasteiger partial charge in [0.1, 0.15) is 11.5 Å². The number of benzene rings is 1. The normalized spacial score (nSPS) is 14.1. The molecule has 1 saturated heterocycles.